The van der Waals surface area contributed by atoms with Crippen LogP contribution in [-0.4, -0.2) is 30.4 Å². The Hall–Kier alpha value is -3.79. The molecule has 0 aliphatic carbocycles. The number of carbonyl (C=O) groups is 1. The van der Waals surface area contributed by atoms with Crippen molar-refractivity contribution in [1.82, 2.24) is 0 Å². The molecule has 0 saturated carbocycles. The molecular formula is C33H32O5S. The third-order valence-corrected chi connectivity index (χ3v) is 7.95. The lowest BCUT2D eigenvalue weighted by Gasteiger charge is -2.23. The van der Waals surface area contributed by atoms with Gasteiger partial charge in [0.15, 0.2) is 0 Å². The monoisotopic (exact) mass is 540 g/mol. The zero-order valence-electron chi connectivity index (χ0n) is 22.2. The molecule has 0 amide bonds. The second kappa shape index (κ2) is 12.4. The van der Waals surface area contributed by atoms with Crippen LogP contribution in [0.3, 0.4) is 0 Å². The van der Waals surface area contributed by atoms with Gasteiger partial charge in [0, 0.05) is 28.5 Å². The van der Waals surface area contributed by atoms with Crippen molar-refractivity contribution in [2.75, 3.05) is 13.2 Å². The molecule has 1 aliphatic rings. The molecule has 1 aromatic heterocycles. The molecule has 1 atom stereocenters. The van der Waals surface area contributed by atoms with Crippen molar-refractivity contribution in [2.45, 2.75) is 51.7 Å². The molecule has 0 radical (unpaired) electrons. The van der Waals surface area contributed by atoms with Crippen LogP contribution in [0, 0.1) is 18.8 Å². The molecule has 1 N–H and O–H groups in total. The van der Waals surface area contributed by atoms with E-state index in [0.717, 1.165) is 48.7 Å². The topological polar surface area (TPSA) is 65.0 Å². The Morgan fingerprint density at radius 1 is 1.05 bits per heavy atom. The van der Waals surface area contributed by atoms with Crippen LogP contribution in [-0.2, 0) is 16.1 Å². The number of carboxylic acid groups (broad SMARTS) is 1. The number of rotatable bonds is 9. The van der Waals surface area contributed by atoms with Crippen molar-refractivity contribution >= 4 is 27.4 Å². The zero-order chi connectivity index (χ0) is 27.2. The molecule has 4 aromatic rings. The Balaban J connectivity index is 1.29. The summed E-state index contributed by atoms with van der Waals surface area (Å²) in [5.74, 6) is 6.28. The van der Waals surface area contributed by atoms with Gasteiger partial charge in [-0.15, -0.1) is 17.3 Å². The summed E-state index contributed by atoms with van der Waals surface area (Å²) in [6.45, 7) is 5.83. The summed E-state index contributed by atoms with van der Waals surface area (Å²) < 4.78 is 19.0. The van der Waals surface area contributed by atoms with E-state index in [9.17, 15) is 9.90 Å². The van der Waals surface area contributed by atoms with Crippen molar-refractivity contribution in [1.29, 1.82) is 0 Å². The summed E-state index contributed by atoms with van der Waals surface area (Å²) in [6, 6.07) is 20.4. The maximum absolute atomic E-state index is 11.2. The summed E-state index contributed by atoms with van der Waals surface area (Å²) in [5, 5.41) is 12.6. The second-order valence-corrected chi connectivity index (χ2v) is 10.7. The molecular weight excluding hydrogens is 508 g/mol. The Morgan fingerprint density at radius 3 is 2.54 bits per heavy atom. The minimum Gasteiger partial charge on any atom is -0.490 e. The molecule has 1 fully saturated rings. The molecule has 1 aliphatic heterocycles. The standard InChI is InChI=1S/C33H32O5S/c1-3-4-25(19-33(34)35)24-6-8-26(9-7-24)37-20-23-5-12-32-30(18-23)31(21-39-32)29-11-10-28(17-22(29)2)38-27-13-15-36-16-14-27/h5-12,17-18,21,25,27H,13-16,19-20H2,1-2H3,(H,34,35). The fraction of sp³-hybridized carbons (Fsp3) is 0.303. The van der Waals surface area contributed by atoms with E-state index in [0.29, 0.717) is 6.61 Å². The SMILES string of the molecule is CC#CC(CC(=O)O)c1ccc(OCc2ccc3scc(-c4ccc(OC5CCOCC5)cc4C)c3c2)cc1. The minimum atomic E-state index is -0.860. The van der Waals surface area contributed by atoms with Crippen LogP contribution >= 0.6 is 11.3 Å². The number of benzene rings is 3. The number of hydrogen-bond donors (Lipinski definition) is 1. The highest BCUT2D eigenvalue weighted by atomic mass is 32.1. The average Bonchev–Trinajstić information content (AvgIpc) is 3.35. The highest BCUT2D eigenvalue weighted by Gasteiger charge is 2.17. The predicted molar refractivity (Wildman–Crippen MR) is 156 cm³/mol. The zero-order valence-corrected chi connectivity index (χ0v) is 23.1. The number of hydrogen-bond acceptors (Lipinski definition) is 5. The van der Waals surface area contributed by atoms with Crippen LogP contribution < -0.4 is 9.47 Å². The summed E-state index contributed by atoms with van der Waals surface area (Å²) >= 11 is 1.75. The molecule has 6 heteroatoms. The number of carboxylic acids is 1. The largest absolute Gasteiger partial charge is 0.490 e. The van der Waals surface area contributed by atoms with E-state index >= 15 is 0 Å². The van der Waals surface area contributed by atoms with E-state index in [1.165, 1.54) is 26.8 Å². The third-order valence-electron chi connectivity index (χ3n) is 6.98. The number of thiophene rings is 1. The van der Waals surface area contributed by atoms with Crippen molar-refractivity contribution in [3.63, 3.8) is 0 Å². The summed E-state index contributed by atoms with van der Waals surface area (Å²) in [4.78, 5) is 11.2. The summed E-state index contributed by atoms with van der Waals surface area (Å²) in [7, 11) is 0. The quantitative estimate of drug-likeness (QED) is 0.222. The van der Waals surface area contributed by atoms with Gasteiger partial charge in [0.2, 0.25) is 0 Å². The van der Waals surface area contributed by atoms with Crippen LogP contribution in [0.4, 0.5) is 0 Å². The summed E-state index contributed by atoms with van der Waals surface area (Å²) in [6.07, 6.45) is 2.07. The Labute approximate surface area is 233 Å². The molecule has 1 saturated heterocycles. The van der Waals surface area contributed by atoms with Crippen molar-refractivity contribution in [3.05, 3.63) is 82.7 Å². The Kier molecular flexibility index (Phi) is 8.51. The lowest BCUT2D eigenvalue weighted by molar-refractivity contribution is -0.137. The smallest absolute Gasteiger partial charge is 0.304 e. The third kappa shape index (κ3) is 6.62. The normalized spacial score (nSPS) is 14.4. The van der Waals surface area contributed by atoms with Gasteiger partial charge in [-0.25, -0.2) is 0 Å². The Bertz CT molecular complexity index is 1500. The lowest BCUT2D eigenvalue weighted by Crippen LogP contribution is -2.25. The van der Waals surface area contributed by atoms with E-state index in [1.54, 1.807) is 18.3 Å². The van der Waals surface area contributed by atoms with Crippen molar-refractivity contribution in [2.24, 2.45) is 0 Å². The van der Waals surface area contributed by atoms with Crippen molar-refractivity contribution < 1.29 is 24.1 Å². The second-order valence-electron chi connectivity index (χ2n) is 9.79. The maximum atomic E-state index is 11.2. The first-order chi connectivity index (χ1) is 19.0. The fourth-order valence-corrected chi connectivity index (χ4v) is 5.88. The van der Waals surface area contributed by atoms with Gasteiger partial charge < -0.3 is 19.3 Å². The maximum Gasteiger partial charge on any atom is 0.304 e. The van der Waals surface area contributed by atoms with Crippen LogP contribution in [0.15, 0.2) is 66.0 Å². The van der Waals surface area contributed by atoms with Gasteiger partial charge in [0.25, 0.3) is 0 Å². The van der Waals surface area contributed by atoms with Crippen LogP contribution in [0.1, 0.15) is 48.8 Å². The molecule has 39 heavy (non-hydrogen) atoms. The van der Waals surface area contributed by atoms with E-state index in [2.05, 4.69) is 60.5 Å². The average molecular weight is 541 g/mol. The van der Waals surface area contributed by atoms with E-state index in [1.807, 2.05) is 24.3 Å². The highest BCUT2D eigenvalue weighted by molar-refractivity contribution is 7.17. The van der Waals surface area contributed by atoms with Crippen LogP contribution in [0.2, 0.25) is 0 Å². The lowest BCUT2D eigenvalue weighted by atomic mass is 9.96. The van der Waals surface area contributed by atoms with E-state index in [-0.39, 0.29) is 18.4 Å². The van der Waals surface area contributed by atoms with Gasteiger partial charge >= 0.3 is 5.97 Å². The van der Waals surface area contributed by atoms with E-state index < -0.39 is 5.97 Å². The van der Waals surface area contributed by atoms with Gasteiger partial charge in [-0.2, -0.15) is 0 Å². The Morgan fingerprint density at radius 2 is 1.82 bits per heavy atom. The first-order valence-corrected chi connectivity index (χ1v) is 14.1. The van der Waals surface area contributed by atoms with E-state index in [4.69, 9.17) is 14.2 Å². The molecule has 3 aromatic carbocycles. The molecule has 0 spiro atoms. The molecule has 200 valence electrons. The van der Waals surface area contributed by atoms with Gasteiger partial charge in [-0.05, 0) is 77.9 Å². The van der Waals surface area contributed by atoms with Crippen LogP contribution in [0.5, 0.6) is 11.5 Å². The van der Waals surface area contributed by atoms with Gasteiger partial charge in [-0.3, -0.25) is 4.79 Å². The molecule has 5 rings (SSSR count). The number of fused-ring (bicyclic) bond motifs is 1. The van der Waals surface area contributed by atoms with Gasteiger partial charge in [-0.1, -0.05) is 30.2 Å². The molecule has 0 bridgehead atoms. The van der Waals surface area contributed by atoms with Crippen molar-refractivity contribution in [3.8, 4) is 34.5 Å². The van der Waals surface area contributed by atoms with Gasteiger partial charge in [0.05, 0.1) is 25.6 Å². The summed E-state index contributed by atoms with van der Waals surface area (Å²) in [5.41, 5.74) is 5.58. The van der Waals surface area contributed by atoms with Crippen LogP contribution in [0.25, 0.3) is 21.2 Å². The number of ether oxygens (including phenoxy) is 3. The minimum absolute atomic E-state index is 0.0186. The number of aliphatic carboxylic acids is 1. The first-order valence-electron chi connectivity index (χ1n) is 13.2. The first kappa shape index (κ1) is 26.8. The fourth-order valence-electron chi connectivity index (χ4n) is 4.94. The molecule has 5 nitrogen and oxygen atoms in total. The molecule has 1 unspecified atom stereocenters. The predicted octanol–water partition coefficient (Wildman–Crippen LogP) is 7.60. The molecule has 2 heterocycles. The number of aryl methyl sites for hydroxylation is 1. The highest BCUT2D eigenvalue weighted by Crippen LogP contribution is 2.37. The van der Waals surface area contributed by atoms with Gasteiger partial charge in [0.1, 0.15) is 24.2 Å².